The van der Waals surface area contributed by atoms with Gasteiger partial charge in [0.05, 0.1) is 13.2 Å². The van der Waals surface area contributed by atoms with Crippen molar-refractivity contribution >= 4 is 5.97 Å². The fourth-order valence-corrected chi connectivity index (χ4v) is 0.753. The molecule has 0 aromatic rings. The highest BCUT2D eigenvalue weighted by Crippen LogP contribution is 2.23. The number of aliphatic hydroxyl groups excluding tert-OH is 2. The SMILES string of the molecule is C=C(CC(C)(CO)CO)C(=O)O. The number of rotatable bonds is 5. The molecule has 0 radical (unpaired) electrons. The summed E-state index contributed by atoms with van der Waals surface area (Å²) in [6, 6.07) is 0. The smallest absolute Gasteiger partial charge is 0.330 e. The Bertz CT molecular complexity index is 181. The Morgan fingerprint density at radius 1 is 1.42 bits per heavy atom. The normalized spacial score (nSPS) is 11.2. The zero-order valence-electron chi connectivity index (χ0n) is 7.08. The quantitative estimate of drug-likeness (QED) is 0.513. The molecule has 0 aromatic heterocycles. The van der Waals surface area contributed by atoms with Gasteiger partial charge in [-0.2, -0.15) is 0 Å². The second kappa shape index (κ2) is 4.23. The molecule has 4 heteroatoms. The predicted octanol–water partition coefficient (Wildman–Crippen LogP) is 0.00820. The average Bonchev–Trinajstić information content (AvgIpc) is 2.04. The van der Waals surface area contributed by atoms with Crippen molar-refractivity contribution in [3.63, 3.8) is 0 Å². The maximum atomic E-state index is 10.3. The van der Waals surface area contributed by atoms with Crippen LogP contribution >= 0.6 is 0 Å². The Labute approximate surface area is 71.1 Å². The van der Waals surface area contributed by atoms with Crippen LogP contribution in [0.2, 0.25) is 0 Å². The lowest BCUT2D eigenvalue weighted by atomic mass is 9.85. The number of carboxylic acids is 1. The molecule has 0 spiro atoms. The Morgan fingerprint density at radius 3 is 2.08 bits per heavy atom. The number of hydrogen-bond acceptors (Lipinski definition) is 3. The molecule has 0 aliphatic heterocycles. The lowest BCUT2D eigenvalue weighted by molar-refractivity contribution is -0.133. The van der Waals surface area contributed by atoms with Crippen molar-refractivity contribution in [1.82, 2.24) is 0 Å². The summed E-state index contributed by atoms with van der Waals surface area (Å²) >= 11 is 0. The molecule has 0 aliphatic rings. The molecule has 70 valence electrons. The number of carboxylic acid groups (broad SMARTS) is 1. The maximum absolute atomic E-state index is 10.3. The van der Waals surface area contributed by atoms with Gasteiger partial charge in [-0.3, -0.25) is 0 Å². The molecule has 0 rings (SSSR count). The fraction of sp³-hybridized carbons (Fsp3) is 0.625. The van der Waals surface area contributed by atoms with Crippen LogP contribution in [0.3, 0.4) is 0 Å². The molecule has 0 bridgehead atoms. The Morgan fingerprint density at radius 2 is 1.83 bits per heavy atom. The van der Waals surface area contributed by atoms with Crippen molar-refractivity contribution in [1.29, 1.82) is 0 Å². The largest absolute Gasteiger partial charge is 0.478 e. The first-order chi connectivity index (χ1) is 5.45. The summed E-state index contributed by atoms with van der Waals surface area (Å²) < 4.78 is 0. The van der Waals surface area contributed by atoms with E-state index >= 15 is 0 Å². The van der Waals surface area contributed by atoms with E-state index in [1.54, 1.807) is 6.92 Å². The minimum Gasteiger partial charge on any atom is -0.478 e. The zero-order valence-corrected chi connectivity index (χ0v) is 7.08. The molecule has 3 N–H and O–H groups in total. The van der Waals surface area contributed by atoms with Gasteiger partial charge in [0.25, 0.3) is 0 Å². The van der Waals surface area contributed by atoms with E-state index in [0.717, 1.165) is 0 Å². The molecule has 0 unspecified atom stereocenters. The van der Waals surface area contributed by atoms with Gasteiger partial charge in [-0.1, -0.05) is 13.5 Å². The number of aliphatic carboxylic acids is 1. The topological polar surface area (TPSA) is 77.8 Å². The van der Waals surface area contributed by atoms with Gasteiger partial charge in [-0.25, -0.2) is 4.79 Å². The van der Waals surface area contributed by atoms with Crippen LogP contribution in [0.4, 0.5) is 0 Å². The van der Waals surface area contributed by atoms with Gasteiger partial charge in [0.15, 0.2) is 0 Å². The van der Waals surface area contributed by atoms with Crippen molar-refractivity contribution in [3.05, 3.63) is 12.2 Å². The van der Waals surface area contributed by atoms with Gasteiger partial charge in [-0.15, -0.1) is 0 Å². The highest BCUT2D eigenvalue weighted by molar-refractivity contribution is 5.85. The van der Waals surface area contributed by atoms with E-state index in [-0.39, 0.29) is 25.2 Å². The predicted molar refractivity (Wildman–Crippen MR) is 43.7 cm³/mol. The van der Waals surface area contributed by atoms with Gasteiger partial charge < -0.3 is 15.3 Å². The molecule has 4 nitrogen and oxygen atoms in total. The molecular weight excluding hydrogens is 160 g/mol. The first-order valence-electron chi connectivity index (χ1n) is 3.58. The molecule has 0 atom stereocenters. The third-order valence-corrected chi connectivity index (χ3v) is 1.71. The van der Waals surface area contributed by atoms with Gasteiger partial charge in [-0.05, 0) is 6.42 Å². The Hall–Kier alpha value is -0.870. The number of hydrogen-bond donors (Lipinski definition) is 3. The van der Waals surface area contributed by atoms with Crippen LogP contribution in [0.5, 0.6) is 0 Å². The molecule has 0 heterocycles. The van der Waals surface area contributed by atoms with E-state index in [1.807, 2.05) is 0 Å². The van der Waals surface area contributed by atoms with Crippen molar-refractivity contribution in [2.45, 2.75) is 13.3 Å². The van der Waals surface area contributed by atoms with Gasteiger partial charge in [0, 0.05) is 11.0 Å². The third-order valence-electron chi connectivity index (χ3n) is 1.71. The first kappa shape index (κ1) is 11.1. The van der Waals surface area contributed by atoms with Crippen molar-refractivity contribution in [3.8, 4) is 0 Å². The van der Waals surface area contributed by atoms with Crippen LogP contribution in [0.1, 0.15) is 13.3 Å². The van der Waals surface area contributed by atoms with E-state index < -0.39 is 11.4 Å². The van der Waals surface area contributed by atoms with Gasteiger partial charge >= 0.3 is 5.97 Å². The Balaban J connectivity index is 4.21. The lowest BCUT2D eigenvalue weighted by Crippen LogP contribution is -2.27. The van der Waals surface area contributed by atoms with Gasteiger partial charge in [0.1, 0.15) is 0 Å². The summed E-state index contributed by atoms with van der Waals surface area (Å²) in [6.45, 7) is 4.40. The minimum absolute atomic E-state index is 0.000556. The summed E-state index contributed by atoms with van der Waals surface area (Å²) in [4.78, 5) is 10.3. The van der Waals surface area contributed by atoms with E-state index in [9.17, 15) is 4.79 Å². The van der Waals surface area contributed by atoms with Crippen LogP contribution in [-0.4, -0.2) is 34.5 Å². The number of aliphatic hydroxyl groups is 2. The molecular formula is C8H14O4. The lowest BCUT2D eigenvalue weighted by Gasteiger charge is -2.24. The summed E-state index contributed by atoms with van der Waals surface area (Å²) in [6.07, 6.45) is 0.0926. The van der Waals surface area contributed by atoms with Crippen LogP contribution in [-0.2, 0) is 4.79 Å². The van der Waals surface area contributed by atoms with Crippen molar-refractivity contribution in [2.75, 3.05) is 13.2 Å². The zero-order chi connectivity index (χ0) is 9.78. The van der Waals surface area contributed by atoms with Crippen molar-refractivity contribution in [2.24, 2.45) is 5.41 Å². The summed E-state index contributed by atoms with van der Waals surface area (Å²) in [7, 11) is 0. The summed E-state index contributed by atoms with van der Waals surface area (Å²) in [5, 5.41) is 26.1. The van der Waals surface area contributed by atoms with E-state index in [1.165, 1.54) is 0 Å². The first-order valence-corrected chi connectivity index (χ1v) is 3.58. The molecule has 0 saturated carbocycles. The maximum Gasteiger partial charge on any atom is 0.330 e. The van der Waals surface area contributed by atoms with Crippen LogP contribution in [0, 0.1) is 5.41 Å². The van der Waals surface area contributed by atoms with E-state index in [4.69, 9.17) is 15.3 Å². The standard InChI is InChI=1S/C8H14O4/c1-6(7(11)12)3-8(2,4-9)5-10/h9-10H,1,3-5H2,2H3,(H,11,12). The van der Waals surface area contributed by atoms with E-state index in [0.29, 0.717) is 0 Å². The minimum atomic E-state index is -1.09. The van der Waals surface area contributed by atoms with E-state index in [2.05, 4.69) is 6.58 Å². The molecule has 0 amide bonds. The summed E-state index contributed by atoms with van der Waals surface area (Å²) in [5.74, 6) is -1.09. The highest BCUT2D eigenvalue weighted by Gasteiger charge is 2.25. The monoisotopic (exact) mass is 174 g/mol. The van der Waals surface area contributed by atoms with Crippen molar-refractivity contribution < 1.29 is 20.1 Å². The van der Waals surface area contributed by atoms with Crippen LogP contribution in [0.15, 0.2) is 12.2 Å². The second-order valence-electron chi connectivity index (χ2n) is 3.21. The van der Waals surface area contributed by atoms with Crippen LogP contribution in [0.25, 0.3) is 0 Å². The second-order valence-corrected chi connectivity index (χ2v) is 3.21. The molecule has 0 aliphatic carbocycles. The van der Waals surface area contributed by atoms with Crippen LogP contribution < -0.4 is 0 Å². The molecule has 0 fully saturated rings. The number of carbonyl (C=O) groups is 1. The molecule has 0 saturated heterocycles. The fourth-order valence-electron chi connectivity index (χ4n) is 0.753. The van der Waals surface area contributed by atoms with Gasteiger partial charge in [0.2, 0.25) is 0 Å². The highest BCUT2D eigenvalue weighted by atomic mass is 16.4. The summed E-state index contributed by atoms with van der Waals surface area (Å²) in [5.41, 5.74) is -0.782. The third kappa shape index (κ3) is 3.02. The average molecular weight is 174 g/mol. The molecule has 12 heavy (non-hydrogen) atoms. The molecule has 0 aromatic carbocycles. The Kier molecular flexibility index (Phi) is 3.92.